The summed E-state index contributed by atoms with van der Waals surface area (Å²) in [7, 11) is 1.61. The molecule has 1 amide bonds. The van der Waals surface area contributed by atoms with Gasteiger partial charge in [0.05, 0.1) is 26.9 Å². The molecule has 1 heterocycles. The molecule has 0 aliphatic carbocycles. The van der Waals surface area contributed by atoms with Gasteiger partial charge in [0.15, 0.2) is 0 Å². The van der Waals surface area contributed by atoms with Crippen LogP contribution in [0.4, 0.5) is 0 Å². The Labute approximate surface area is 119 Å². The average Bonchev–Trinajstić information content (AvgIpc) is 2.52. The summed E-state index contributed by atoms with van der Waals surface area (Å²) < 4.78 is 10.4. The summed E-state index contributed by atoms with van der Waals surface area (Å²) in [6, 6.07) is 7.16. The van der Waals surface area contributed by atoms with E-state index in [2.05, 4.69) is 5.32 Å². The Kier molecular flexibility index (Phi) is 5.83. The molecule has 1 aliphatic rings. The van der Waals surface area contributed by atoms with E-state index in [1.54, 1.807) is 36.3 Å². The monoisotopic (exact) mass is 279 g/mol. The van der Waals surface area contributed by atoms with Gasteiger partial charge in [-0.25, -0.2) is 0 Å². The van der Waals surface area contributed by atoms with E-state index in [1.165, 1.54) is 0 Å². The summed E-state index contributed by atoms with van der Waals surface area (Å²) in [5.41, 5.74) is 0.671. The number of morpholine rings is 1. The molecule has 0 radical (unpaired) electrons. The van der Waals surface area contributed by atoms with Crippen LogP contribution in [0.25, 0.3) is 0 Å². The highest BCUT2D eigenvalue weighted by Crippen LogP contribution is 2.10. The molecule has 5 nitrogen and oxygen atoms in total. The van der Waals surface area contributed by atoms with E-state index in [4.69, 9.17) is 9.47 Å². The molecule has 110 valence electrons. The van der Waals surface area contributed by atoms with Crippen LogP contribution in [0.2, 0.25) is 0 Å². The van der Waals surface area contributed by atoms with Crippen molar-refractivity contribution in [2.75, 3.05) is 46.5 Å². The van der Waals surface area contributed by atoms with E-state index < -0.39 is 0 Å². The van der Waals surface area contributed by atoms with Gasteiger partial charge in [0.25, 0.3) is 5.91 Å². The molecule has 0 saturated carbocycles. The summed E-state index contributed by atoms with van der Waals surface area (Å²) >= 11 is 0. The summed E-state index contributed by atoms with van der Waals surface area (Å²) in [4.78, 5) is 13.5. The van der Waals surface area contributed by atoms with Crippen LogP contribution in [0, 0.1) is 0 Å². The van der Waals surface area contributed by atoms with Crippen LogP contribution >= 0.6 is 0 Å². The van der Waals surface area contributed by atoms with E-state index in [-0.39, 0.29) is 5.91 Å². The molecule has 1 aromatic rings. The number of rotatable bonds is 6. The van der Waals surface area contributed by atoms with Crippen molar-refractivity contribution >= 4 is 5.91 Å². The maximum atomic E-state index is 11.9. The molecular weight excluding hydrogens is 256 g/mol. The minimum atomic E-state index is -0.0235. The van der Waals surface area contributed by atoms with Crippen LogP contribution in [0.1, 0.15) is 16.8 Å². The Morgan fingerprint density at radius 2 is 2.00 bits per heavy atom. The van der Waals surface area contributed by atoms with Crippen molar-refractivity contribution in [3.05, 3.63) is 29.8 Å². The van der Waals surface area contributed by atoms with Gasteiger partial charge in [0.1, 0.15) is 18.8 Å². The Bertz CT molecular complexity index is 414. The van der Waals surface area contributed by atoms with E-state index in [9.17, 15) is 4.79 Å². The van der Waals surface area contributed by atoms with Gasteiger partial charge in [-0.2, -0.15) is 0 Å². The topological polar surface area (TPSA) is 52.0 Å². The highest BCUT2D eigenvalue weighted by atomic mass is 16.5. The maximum absolute atomic E-state index is 11.9. The van der Waals surface area contributed by atoms with Crippen LogP contribution in [0.5, 0.6) is 5.75 Å². The predicted molar refractivity (Wildman–Crippen MR) is 76.3 cm³/mol. The predicted octanol–water partition coefficient (Wildman–Crippen LogP) is -0.270. The quantitative estimate of drug-likeness (QED) is 0.705. The molecule has 1 aliphatic heterocycles. The first kappa shape index (κ1) is 14.8. The second kappa shape index (κ2) is 7.87. The van der Waals surface area contributed by atoms with Crippen LogP contribution in [-0.2, 0) is 4.74 Å². The van der Waals surface area contributed by atoms with Gasteiger partial charge in [-0.15, -0.1) is 0 Å². The second-order valence-electron chi connectivity index (χ2n) is 4.95. The number of hydrogen-bond donors (Lipinski definition) is 2. The van der Waals surface area contributed by atoms with Crippen molar-refractivity contribution in [1.29, 1.82) is 0 Å². The van der Waals surface area contributed by atoms with Crippen LogP contribution in [0.15, 0.2) is 24.3 Å². The minimum absolute atomic E-state index is 0.0235. The third-order valence-electron chi connectivity index (χ3n) is 3.54. The highest BCUT2D eigenvalue weighted by Gasteiger charge is 2.13. The number of ether oxygens (including phenoxy) is 2. The van der Waals surface area contributed by atoms with Crippen molar-refractivity contribution in [3.8, 4) is 5.75 Å². The molecule has 0 aromatic heterocycles. The number of quaternary nitrogens is 1. The second-order valence-corrected chi connectivity index (χ2v) is 4.95. The number of carbonyl (C=O) groups is 1. The third-order valence-corrected chi connectivity index (χ3v) is 3.54. The molecule has 2 rings (SSSR count). The number of benzene rings is 1. The minimum Gasteiger partial charge on any atom is -0.497 e. The summed E-state index contributed by atoms with van der Waals surface area (Å²) in [5.74, 6) is 0.738. The average molecular weight is 279 g/mol. The van der Waals surface area contributed by atoms with Gasteiger partial charge >= 0.3 is 0 Å². The third kappa shape index (κ3) is 4.51. The van der Waals surface area contributed by atoms with Gasteiger partial charge in [-0.3, -0.25) is 4.79 Å². The lowest BCUT2D eigenvalue weighted by atomic mass is 10.2. The van der Waals surface area contributed by atoms with Gasteiger partial charge in [-0.1, -0.05) is 0 Å². The number of methoxy groups -OCH3 is 1. The molecular formula is C15H23N2O3+. The van der Waals surface area contributed by atoms with E-state index in [1.807, 2.05) is 0 Å². The Balaban J connectivity index is 1.66. The first-order valence-electron chi connectivity index (χ1n) is 7.13. The van der Waals surface area contributed by atoms with E-state index >= 15 is 0 Å². The number of carbonyl (C=O) groups excluding carboxylic acids is 1. The zero-order valence-electron chi connectivity index (χ0n) is 12.0. The number of hydrogen-bond acceptors (Lipinski definition) is 3. The van der Waals surface area contributed by atoms with Gasteiger partial charge in [0.2, 0.25) is 0 Å². The van der Waals surface area contributed by atoms with Crippen molar-refractivity contribution in [3.63, 3.8) is 0 Å². The van der Waals surface area contributed by atoms with Crippen LogP contribution in [0.3, 0.4) is 0 Å². The Hall–Kier alpha value is -1.59. The fourth-order valence-electron chi connectivity index (χ4n) is 2.29. The highest BCUT2D eigenvalue weighted by molar-refractivity contribution is 5.94. The molecule has 1 saturated heterocycles. The summed E-state index contributed by atoms with van der Waals surface area (Å²) in [6.07, 6.45) is 0.997. The van der Waals surface area contributed by atoms with Crippen molar-refractivity contribution < 1.29 is 19.2 Å². The lowest BCUT2D eigenvalue weighted by Crippen LogP contribution is -3.14. The van der Waals surface area contributed by atoms with Gasteiger partial charge < -0.3 is 19.7 Å². The SMILES string of the molecule is COc1ccc(C(=O)NCCC[NH+]2CCOCC2)cc1. The van der Waals surface area contributed by atoms with Crippen LogP contribution < -0.4 is 15.0 Å². The molecule has 5 heteroatoms. The Morgan fingerprint density at radius 3 is 2.65 bits per heavy atom. The number of amides is 1. The normalized spacial score (nSPS) is 15.8. The van der Waals surface area contributed by atoms with E-state index in [0.29, 0.717) is 5.56 Å². The smallest absolute Gasteiger partial charge is 0.251 e. The zero-order chi connectivity index (χ0) is 14.2. The van der Waals surface area contributed by atoms with Crippen molar-refractivity contribution in [1.82, 2.24) is 5.32 Å². The lowest BCUT2D eigenvalue weighted by molar-refractivity contribution is -0.908. The summed E-state index contributed by atoms with van der Waals surface area (Å²) in [6.45, 7) is 5.67. The molecule has 2 N–H and O–H groups in total. The van der Waals surface area contributed by atoms with Crippen molar-refractivity contribution in [2.45, 2.75) is 6.42 Å². The van der Waals surface area contributed by atoms with Gasteiger partial charge in [0, 0.05) is 18.5 Å². The van der Waals surface area contributed by atoms with E-state index in [0.717, 1.165) is 51.6 Å². The largest absolute Gasteiger partial charge is 0.497 e. The number of nitrogens with one attached hydrogen (secondary N) is 2. The van der Waals surface area contributed by atoms with Crippen LogP contribution in [-0.4, -0.2) is 52.4 Å². The molecule has 0 spiro atoms. The maximum Gasteiger partial charge on any atom is 0.251 e. The van der Waals surface area contributed by atoms with Gasteiger partial charge in [-0.05, 0) is 24.3 Å². The van der Waals surface area contributed by atoms with Crippen molar-refractivity contribution in [2.24, 2.45) is 0 Å². The standard InChI is InChI=1S/C15H22N2O3/c1-19-14-5-3-13(4-6-14)15(18)16-7-2-8-17-9-11-20-12-10-17/h3-6H,2,7-12H2,1H3,(H,16,18)/p+1. The molecule has 1 aromatic carbocycles. The molecule has 0 atom stereocenters. The fourth-order valence-corrected chi connectivity index (χ4v) is 2.29. The first-order valence-corrected chi connectivity index (χ1v) is 7.13. The molecule has 0 bridgehead atoms. The fraction of sp³-hybridized carbons (Fsp3) is 0.533. The molecule has 1 fully saturated rings. The Morgan fingerprint density at radius 1 is 1.30 bits per heavy atom. The summed E-state index contributed by atoms with van der Waals surface area (Å²) in [5, 5.41) is 2.95. The molecule has 0 unspecified atom stereocenters. The zero-order valence-corrected chi connectivity index (χ0v) is 12.0. The first-order chi connectivity index (χ1) is 9.79. The molecule has 20 heavy (non-hydrogen) atoms. The lowest BCUT2D eigenvalue weighted by Gasteiger charge is -2.23.